The Morgan fingerprint density at radius 3 is 2.51 bits per heavy atom. The zero-order valence-corrected chi connectivity index (χ0v) is 20.4. The minimum absolute atomic E-state index is 0.0823. The molecule has 0 N–H and O–H groups in total. The second-order valence-electron chi connectivity index (χ2n) is 7.99. The molecular formula is C25H23ClF2N4O2S. The smallest absolute Gasteiger partial charge is 0.256 e. The van der Waals surface area contributed by atoms with Gasteiger partial charge in [0.05, 0.1) is 16.6 Å². The van der Waals surface area contributed by atoms with Crippen molar-refractivity contribution in [1.82, 2.24) is 14.8 Å². The van der Waals surface area contributed by atoms with Crippen LogP contribution in [0.4, 0.5) is 14.5 Å². The van der Waals surface area contributed by atoms with Crippen molar-refractivity contribution in [3.05, 3.63) is 107 Å². The molecule has 35 heavy (non-hydrogen) atoms. The highest BCUT2D eigenvalue weighted by Gasteiger charge is 2.33. The fourth-order valence-corrected chi connectivity index (χ4v) is 5.76. The predicted molar refractivity (Wildman–Crippen MR) is 131 cm³/mol. The van der Waals surface area contributed by atoms with Gasteiger partial charge in [-0.05, 0) is 67.3 Å². The van der Waals surface area contributed by atoms with E-state index in [4.69, 9.17) is 11.6 Å². The minimum atomic E-state index is -4.28. The topological polar surface area (TPSA) is 68.1 Å². The molecule has 3 aromatic carbocycles. The van der Waals surface area contributed by atoms with Crippen LogP contribution in [0.2, 0.25) is 5.02 Å². The summed E-state index contributed by atoms with van der Waals surface area (Å²) in [4.78, 5) is 3.85. The number of rotatable bonds is 9. The van der Waals surface area contributed by atoms with Crippen LogP contribution in [0.25, 0.3) is 0 Å². The maximum absolute atomic E-state index is 15.0. The van der Waals surface area contributed by atoms with Crippen LogP contribution in [-0.2, 0) is 23.0 Å². The van der Waals surface area contributed by atoms with E-state index in [9.17, 15) is 17.2 Å². The lowest BCUT2D eigenvalue weighted by Gasteiger charge is -2.32. The lowest BCUT2D eigenvalue weighted by Crippen LogP contribution is -2.35. The van der Waals surface area contributed by atoms with E-state index in [1.165, 1.54) is 30.6 Å². The highest BCUT2D eigenvalue weighted by Crippen LogP contribution is 2.37. The standard InChI is InChI=1S/C25H23ClF2N4O2S/c1-18(23-7-3-2-5-19(23)6-4-14-31-17-29-16-30-31)32(25-15-21(27)10-13-24(25)28)35(33,34)22-11-8-20(26)9-12-22/h2-3,5,7-13,15-18H,4,6,14H2,1H3/t18-/m1/s1. The summed E-state index contributed by atoms with van der Waals surface area (Å²) in [6, 6.07) is 14.9. The summed E-state index contributed by atoms with van der Waals surface area (Å²) >= 11 is 5.94. The molecule has 0 aliphatic rings. The number of sulfonamides is 1. The average molecular weight is 517 g/mol. The number of aromatic nitrogens is 3. The molecule has 4 aromatic rings. The number of hydrogen-bond acceptors (Lipinski definition) is 4. The maximum atomic E-state index is 15.0. The third kappa shape index (κ3) is 5.52. The van der Waals surface area contributed by atoms with E-state index in [2.05, 4.69) is 10.1 Å². The SMILES string of the molecule is C[C@H](c1ccccc1CCCn1cncn1)N(c1cc(F)ccc1F)S(=O)(=O)c1ccc(Cl)cc1. The van der Waals surface area contributed by atoms with Gasteiger partial charge >= 0.3 is 0 Å². The van der Waals surface area contributed by atoms with Gasteiger partial charge in [-0.3, -0.25) is 8.99 Å². The number of benzene rings is 3. The van der Waals surface area contributed by atoms with Gasteiger partial charge in [0.25, 0.3) is 10.0 Å². The van der Waals surface area contributed by atoms with Crippen LogP contribution in [-0.4, -0.2) is 23.2 Å². The van der Waals surface area contributed by atoms with Crippen molar-refractivity contribution in [2.75, 3.05) is 4.31 Å². The fourth-order valence-electron chi connectivity index (χ4n) is 4.00. The van der Waals surface area contributed by atoms with Gasteiger partial charge in [-0.15, -0.1) is 0 Å². The number of nitrogens with zero attached hydrogens (tertiary/aromatic N) is 4. The van der Waals surface area contributed by atoms with Crippen LogP contribution in [0.5, 0.6) is 0 Å². The van der Waals surface area contributed by atoms with Gasteiger partial charge in [0, 0.05) is 17.6 Å². The van der Waals surface area contributed by atoms with E-state index < -0.39 is 27.7 Å². The molecule has 4 rings (SSSR count). The Hall–Kier alpha value is -3.30. The molecular weight excluding hydrogens is 494 g/mol. The lowest BCUT2D eigenvalue weighted by atomic mass is 9.97. The molecule has 0 bridgehead atoms. The van der Waals surface area contributed by atoms with Gasteiger partial charge in [0.2, 0.25) is 0 Å². The summed E-state index contributed by atoms with van der Waals surface area (Å²) in [7, 11) is -4.28. The molecule has 0 spiro atoms. The Morgan fingerprint density at radius 2 is 1.80 bits per heavy atom. The van der Waals surface area contributed by atoms with Crippen molar-refractivity contribution in [3.8, 4) is 0 Å². The first kappa shape index (κ1) is 24.8. The molecule has 1 heterocycles. The Morgan fingerprint density at radius 1 is 1.06 bits per heavy atom. The Balaban J connectivity index is 1.75. The first-order chi connectivity index (χ1) is 16.8. The molecule has 0 fully saturated rings. The monoisotopic (exact) mass is 516 g/mol. The van der Waals surface area contributed by atoms with E-state index in [1.54, 1.807) is 30.1 Å². The van der Waals surface area contributed by atoms with Gasteiger partial charge in [-0.25, -0.2) is 22.2 Å². The van der Waals surface area contributed by atoms with E-state index in [0.717, 1.165) is 34.5 Å². The minimum Gasteiger partial charge on any atom is -0.256 e. The van der Waals surface area contributed by atoms with Crippen molar-refractivity contribution in [2.24, 2.45) is 0 Å². The predicted octanol–water partition coefficient (Wildman–Crippen LogP) is 5.80. The summed E-state index contributed by atoms with van der Waals surface area (Å²) in [5.41, 5.74) is 1.21. The fraction of sp³-hybridized carbons (Fsp3) is 0.200. The number of anilines is 1. The molecule has 0 aliphatic heterocycles. The first-order valence-electron chi connectivity index (χ1n) is 10.9. The highest BCUT2D eigenvalue weighted by molar-refractivity contribution is 7.92. The zero-order valence-electron chi connectivity index (χ0n) is 18.9. The van der Waals surface area contributed by atoms with Crippen LogP contribution in [0, 0.1) is 11.6 Å². The van der Waals surface area contributed by atoms with Gasteiger partial charge in [-0.1, -0.05) is 35.9 Å². The number of aryl methyl sites for hydroxylation is 2. The molecule has 0 unspecified atom stereocenters. The Kier molecular flexibility index (Phi) is 7.47. The molecule has 0 saturated heterocycles. The number of halogens is 3. The summed E-state index contributed by atoms with van der Waals surface area (Å²) < 4.78 is 59.3. The summed E-state index contributed by atoms with van der Waals surface area (Å²) in [6.45, 7) is 2.29. The highest BCUT2D eigenvalue weighted by atomic mass is 35.5. The van der Waals surface area contributed by atoms with Gasteiger partial charge in [-0.2, -0.15) is 5.10 Å². The Bertz CT molecular complexity index is 1400. The van der Waals surface area contributed by atoms with Crippen LogP contribution in [0.3, 0.4) is 0 Å². The Labute approximate surface area is 207 Å². The van der Waals surface area contributed by atoms with Crippen LogP contribution < -0.4 is 4.31 Å². The van der Waals surface area contributed by atoms with Crippen molar-refractivity contribution < 1.29 is 17.2 Å². The van der Waals surface area contributed by atoms with E-state index in [0.29, 0.717) is 23.6 Å². The molecule has 10 heteroatoms. The largest absolute Gasteiger partial charge is 0.264 e. The lowest BCUT2D eigenvalue weighted by molar-refractivity contribution is 0.565. The zero-order chi connectivity index (χ0) is 25.0. The van der Waals surface area contributed by atoms with E-state index in [-0.39, 0.29) is 10.6 Å². The molecule has 0 radical (unpaired) electrons. The summed E-state index contributed by atoms with van der Waals surface area (Å²) in [6.07, 6.45) is 4.44. The average Bonchev–Trinajstić information content (AvgIpc) is 3.35. The molecule has 0 saturated carbocycles. The van der Waals surface area contributed by atoms with Gasteiger partial charge in [0.15, 0.2) is 0 Å². The van der Waals surface area contributed by atoms with E-state index >= 15 is 0 Å². The van der Waals surface area contributed by atoms with Crippen molar-refractivity contribution in [2.45, 2.75) is 37.2 Å². The quantitative estimate of drug-likeness (QED) is 0.282. The third-order valence-electron chi connectivity index (χ3n) is 5.67. The number of hydrogen-bond donors (Lipinski definition) is 0. The first-order valence-corrected chi connectivity index (χ1v) is 12.7. The van der Waals surface area contributed by atoms with Crippen molar-refractivity contribution >= 4 is 27.3 Å². The molecule has 0 amide bonds. The summed E-state index contributed by atoms with van der Waals surface area (Å²) in [5, 5.41) is 4.45. The third-order valence-corrected chi connectivity index (χ3v) is 7.82. The molecule has 182 valence electrons. The second kappa shape index (κ2) is 10.5. The van der Waals surface area contributed by atoms with Gasteiger partial charge < -0.3 is 0 Å². The van der Waals surface area contributed by atoms with Crippen LogP contribution >= 0.6 is 11.6 Å². The maximum Gasteiger partial charge on any atom is 0.264 e. The molecule has 1 aromatic heterocycles. The second-order valence-corrected chi connectivity index (χ2v) is 10.2. The van der Waals surface area contributed by atoms with Crippen LogP contribution in [0.15, 0.2) is 84.3 Å². The molecule has 1 atom stereocenters. The van der Waals surface area contributed by atoms with E-state index in [1.807, 2.05) is 12.1 Å². The molecule has 6 nitrogen and oxygen atoms in total. The molecule has 0 aliphatic carbocycles. The van der Waals surface area contributed by atoms with Gasteiger partial charge in [0.1, 0.15) is 24.3 Å². The normalized spacial score (nSPS) is 12.5. The summed E-state index contributed by atoms with van der Waals surface area (Å²) in [5.74, 6) is -1.59. The van der Waals surface area contributed by atoms with Crippen molar-refractivity contribution in [1.29, 1.82) is 0 Å². The van der Waals surface area contributed by atoms with Crippen LogP contribution in [0.1, 0.15) is 30.5 Å². The van der Waals surface area contributed by atoms with Crippen molar-refractivity contribution in [3.63, 3.8) is 0 Å².